The van der Waals surface area contributed by atoms with Crippen molar-refractivity contribution in [1.29, 1.82) is 0 Å². The third-order valence-corrected chi connectivity index (χ3v) is 7.87. The maximum Gasteiger partial charge on any atom is 0.407 e. The predicted molar refractivity (Wildman–Crippen MR) is 189 cm³/mol. The number of alkyl carbamates (subject to hydrolysis) is 1. The minimum Gasteiger partial charge on any atom is -0.444 e. The lowest BCUT2D eigenvalue weighted by Gasteiger charge is -2.38. The number of carbonyl (C=O) groups excluding carboxylic acids is 2. The van der Waals surface area contributed by atoms with Gasteiger partial charge in [0.05, 0.1) is 18.2 Å². The topological polar surface area (TPSA) is 95.1 Å². The van der Waals surface area contributed by atoms with E-state index in [4.69, 9.17) is 9.73 Å². The van der Waals surface area contributed by atoms with Crippen molar-refractivity contribution in [3.05, 3.63) is 120 Å². The summed E-state index contributed by atoms with van der Waals surface area (Å²) >= 11 is 0. The Morgan fingerprint density at radius 3 is 2.15 bits per heavy atom. The molecule has 1 unspecified atom stereocenters. The van der Waals surface area contributed by atoms with Gasteiger partial charge in [0.25, 0.3) is 0 Å². The number of benzene rings is 4. The molecule has 3 N–H and O–H groups in total. The number of ether oxygens (including phenoxy) is 1. The number of unbranched alkanes of at least 4 members (excludes halogenated alkanes) is 2. The first kappa shape index (κ1) is 33.3. The van der Waals surface area contributed by atoms with Crippen LogP contribution in [0.4, 0.5) is 16.2 Å². The molecule has 0 aromatic heterocycles. The molecule has 0 spiro atoms. The molecule has 1 aliphatic heterocycles. The average Bonchev–Trinajstić information content (AvgIpc) is 3.06. The van der Waals surface area contributed by atoms with Crippen LogP contribution in [0.2, 0.25) is 0 Å². The van der Waals surface area contributed by atoms with Crippen LogP contribution in [0, 0.1) is 0 Å². The Morgan fingerprint density at radius 2 is 1.43 bits per heavy atom. The van der Waals surface area contributed by atoms with Gasteiger partial charge in [-0.2, -0.15) is 0 Å². The number of anilines is 1. The number of nitrogens with zero attached hydrogens (tertiary/aromatic N) is 2. The quantitative estimate of drug-likeness (QED) is 0.137. The molecule has 0 aliphatic carbocycles. The lowest BCUT2D eigenvalue weighted by atomic mass is 9.97. The smallest absolute Gasteiger partial charge is 0.407 e. The Hall–Kier alpha value is -5.11. The van der Waals surface area contributed by atoms with Crippen molar-refractivity contribution in [2.24, 2.45) is 4.99 Å². The van der Waals surface area contributed by atoms with Gasteiger partial charge in [0, 0.05) is 30.9 Å². The van der Waals surface area contributed by atoms with Crippen LogP contribution in [0.25, 0.3) is 11.1 Å². The number of aliphatic imine (C=N–C) groups is 1. The molecular weight excluding hydrogens is 586 g/mol. The van der Waals surface area contributed by atoms with E-state index in [1.165, 1.54) is 0 Å². The van der Waals surface area contributed by atoms with Gasteiger partial charge in [-0.3, -0.25) is 4.79 Å². The summed E-state index contributed by atoms with van der Waals surface area (Å²) in [5, 5.41) is 9.53. The molecule has 8 heteroatoms. The SMILES string of the molecule is CC(C)(C)OC(=O)NCCCCCN1C(Nc2ccc(-c3ccccc3)cc2)=Nc2ccccc2C1CC(=O)NCc1ccccc1. The lowest BCUT2D eigenvalue weighted by Crippen LogP contribution is -2.43. The molecule has 2 amide bonds. The normalized spacial score (nSPS) is 14.1. The second-order valence-electron chi connectivity index (χ2n) is 12.7. The van der Waals surface area contributed by atoms with Crippen molar-refractivity contribution in [2.75, 3.05) is 18.4 Å². The summed E-state index contributed by atoms with van der Waals surface area (Å²) in [6, 6.07) is 36.4. The summed E-state index contributed by atoms with van der Waals surface area (Å²) in [6.07, 6.45) is 2.45. The zero-order valence-electron chi connectivity index (χ0n) is 27.5. The summed E-state index contributed by atoms with van der Waals surface area (Å²) < 4.78 is 5.35. The van der Waals surface area contributed by atoms with Gasteiger partial charge in [-0.25, -0.2) is 9.79 Å². The highest BCUT2D eigenvalue weighted by molar-refractivity contribution is 5.98. The minimum atomic E-state index is -0.526. The van der Waals surface area contributed by atoms with E-state index in [1.54, 1.807) is 0 Å². The van der Waals surface area contributed by atoms with Gasteiger partial charge in [0.2, 0.25) is 11.9 Å². The number of rotatable bonds is 12. The summed E-state index contributed by atoms with van der Waals surface area (Å²) in [6.45, 7) is 7.26. The molecule has 0 saturated heterocycles. The average molecular weight is 632 g/mol. The number of amides is 2. The van der Waals surface area contributed by atoms with Crippen LogP contribution in [-0.4, -0.2) is 41.6 Å². The van der Waals surface area contributed by atoms with Gasteiger partial charge in [-0.1, -0.05) is 91.0 Å². The second-order valence-corrected chi connectivity index (χ2v) is 12.7. The number of hydrogen-bond donors (Lipinski definition) is 3. The number of carbonyl (C=O) groups is 2. The maximum absolute atomic E-state index is 13.4. The zero-order valence-corrected chi connectivity index (χ0v) is 27.5. The van der Waals surface area contributed by atoms with E-state index in [9.17, 15) is 9.59 Å². The molecule has 0 saturated carbocycles. The van der Waals surface area contributed by atoms with Crippen LogP contribution >= 0.6 is 0 Å². The highest BCUT2D eigenvalue weighted by Gasteiger charge is 2.31. The number of nitrogens with one attached hydrogen (secondary N) is 3. The predicted octanol–water partition coefficient (Wildman–Crippen LogP) is 8.21. The first-order valence-corrected chi connectivity index (χ1v) is 16.4. The fraction of sp³-hybridized carbons (Fsp3) is 0.308. The van der Waals surface area contributed by atoms with Crippen LogP contribution in [0.5, 0.6) is 0 Å². The molecule has 0 fully saturated rings. The first-order chi connectivity index (χ1) is 22.7. The van der Waals surface area contributed by atoms with E-state index in [1.807, 2.05) is 87.5 Å². The largest absolute Gasteiger partial charge is 0.444 e. The maximum atomic E-state index is 13.4. The molecule has 1 atom stereocenters. The number of para-hydroxylation sites is 1. The molecule has 1 aliphatic rings. The van der Waals surface area contributed by atoms with E-state index in [-0.39, 0.29) is 18.4 Å². The molecule has 47 heavy (non-hydrogen) atoms. The van der Waals surface area contributed by atoms with Crippen LogP contribution in [0.3, 0.4) is 0 Å². The Kier molecular flexibility index (Phi) is 11.3. The molecule has 0 radical (unpaired) electrons. The van der Waals surface area contributed by atoms with Gasteiger partial charge in [-0.05, 0) is 74.9 Å². The summed E-state index contributed by atoms with van der Waals surface area (Å²) in [5.74, 6) is 0.692. The van der Waals surface area contributed by atoms with Crippen LogP contribution in [0.15, 0.2) is 114 Å². The first-order valence-electron chi connectivity index (χ1n) is 16.4. The van der Waals surface area contributed by atoms with Crippen LogP contribution < -0.4 is 16.0 Å². The Balaban J connectivity index is 1.31. The van der Waals surface area contributed by atoms with Crippen molar-refractivity contribution >= 4 is 29.3 Å². The monoisotopic (exact) mass is 631 g/mol. The van der Waals surface area contributed by atoms with Gasteiger partial charge < -0.3 is 25.6 Å². The fourth-order valence-corrected chi connectivity index (χ4v) is 5.59. The van der Waals surface area contributed by atoms with Crippen molar-refractivity contribution in [1.82, 2.24) is 15.5 Å². The highest BCUT2D eigenvalue weighted by atomic mass is 16.6. The standard InChI is InChI=1S/C39H45N5O3/c1-39(2,3)47-38(46)40-25-13-6-14-26-44-35(27-36(45)41-28-29-15-7-4-8-16-29)33-19-11-12-20-34(33)43-37(44)42-32-23-21-31(22-24-32)30-17-9-5-10-18-30/h4-5,7-12,15-24,35H,6,13-14,25-28H2,1-3H3,(H,40,46)(H,41,45)(H,42,43). The Morgan fingerprint density at radius 1 is 0.766 bits per heavy atom. The molecule has 4 aromatic rings. The summed E-state index contributed by atoms with van der Waals surface area (Å²) in [5.41, 5.74) is 5.63. The molecular formula is C39H45N5O3. The molecule has 4 aromatic carbocycles. The van der Waals surface area contributed by atoms with Gasteiger partial charge in [0.15, 0.2) is 0 Å². The minimum absolute atomic E-state index is 0.0197. The molecule has 244 valence electrons. The fourth-order valence-electron chi connectivity index (χ4n) is 5.59. The second kappa shape index (κ2) is 15.9. The van der Waals surface area contributed by atoms with E-state index >= 15 is 0 Å². The van der Waals surface area contributed by atoms with Crippen molar-refractivity contribution in [3.8, 4) is 11.1 Å². The highest BCUT2D eigenvalue weighted by Crippen LogP contribution is 2.37. The molecule has 0 bridgehead atoms. The summed E-state index contributed by atoms with van der Waals surface area (Å²) in [7, 11) is 0. The van der Waals surface area contributed by atoms with Crippen molar-refractivity contribution in [3.63, 3.8) is 0 Å². The Labute approximate surface area is 278 Å². The lowest BCUT2D eigenvalue weighted by molar-refractivity contribution is -0.122. The van der Waals surface area contributed by atoms with E-state index in [2.05, 4.69) is 63.3 Å². The van der Waals surface area contributed by atoms with Crippen molar-refractivity contribution in [2.45, 2.75) is 64.6 Å². The third kappa shape index (κ3) is 9.94. The van der Waals surface area contributed by atoms with E-state index in [0.717, 1.165) is 52.9 Å². The van der Waals surface area contributed by atoms with E-state index < -0.39 is 11.7 Å². The van der Waals surface area contributed by atoms with Crippen molar-refractivity contribution < 1.29 is 14.3 Å². The number of fused-ring (bicyclic) bond motifs is 1. The summed E-state index contributed by atoms with van der Waals surface area (Å²) in [4.78, 5) is 32.7. The Bertz CT molecular complexity index is 1630. The van der Waals surface area contributed by atoms with E-state index in [0.29, 0.717) is 25.6 Å². The van der Waals surface area contributed by atoms with Crippen LogP contribution in [0.1, 0.15) is 63.6 Å². The molecule has 5 rings (SSSR count). The van der Waals surface area contributed by atoms with Gasteiger partial charge in [-0.15, -0.1) is 0 Å². The van der Waals surface area contributed by atoms with Gasteiger partial charge >= 0.3 is 6.09 Å². The molecule has 8 nitrogen and oxygen atoms in total. The number of guanidine groups is 1. The van der Waals surface area contributed by atoms with Gasteiger partial charge in [0.1, 0.15) is 5.60 Å². The van der Waals surface area contributed by atoms with Crippen LogP contribution in [-0.2, 0) is 16.1 Å². The zero-order chi connectivity index (χ0) is 33.1. The number of hydrogen-bond acceptors (Lipinski definition) is 6. The molecule has 1 heterocycles. The third-order valence-electron chi connectivity index (χ3n) is 7.87.